The second-order valence-corrected chi connectivity index (χ2v) is 14.1. The monoisotopic (exact) mass is 639 g/mol. The third-order valence-corrected chi connectivity index (χ3v) is 10.0. The quantitative estimate of drug-likeness (QED) is 0.330. The fourth-order valence-corrected chi connectivity index (χ4v) is 7.90. The van der Waals surface area contributed by atoms with Crippen LogP contribution in [0.15, 0.2) is 34.9 Å². The van der Waals surface area contributed by atoms with Crippen LogP contribution >= 0.6 is 15.9 Å². The van der Waals surface area contributed by atoms with Crippen LogP contribution in [0.25, 0.3) is 5.65 Å². The molecule has 9 nitrogen and oxygen atoms in total. The maximum atomic E-state index is 12.6. The van der Waals surface area contributed by atoms with Gasteiger partial charge in [-0.05, 0) is 98.8 Å². The van der Waals surface area contributed by atoms with Crippen molar-refractivity contribution in [1.29, 1.82) is 0 Å². The maximum absolute atomic E-state index is 12.6. The molecule has 1 spiro atoms. The number of halogens is 1. The maximum Gasteiger partial charge on any atom is 0.407 e. The summed E-state index contributed by atoms with van der Waals surface area (Å²) in [6.45, 7) is 6.48. The number of carbonyl (C=O) groups excluding carboxylic acids is 1. The van der Waals surface area contributed by atoms with Gasteiger partial charge in [0.05, 0.1) is 23.5 Å². The van der Waals surface area contributed by atoms with Crippen LogP contribution in [0.2, 0.25) is 0 Å². The van der Waals surface area contributed by atoms with E-state index >= 15 is 0 Å². The van der Waals surface area contributed by atoms with E-state index in [1.807, 2.05) is 43.6 Å². The topological polar surface area (TPSA) is 101 Å². The second kappa shape index (κ2) is 11.3. The number of nitrogens with one attached hydrogen (secondary N) is 1. The van der Waals surface area contributed by atoms with Crippen molar-refractivity contribution < 1.29 is 19.4 Å². The molecule has 0 bridgehead atoms. The Balaban J connectivity index is 1.42. The van der Waals surface area contributed by atoms with Gasteiger partial charge in [0.2, 0.25) is 0 Å². The van der Waals surface area contributed by atoms with Crippen LogP contribution in [-0.2, 0) is 23.1 Å². The zero-order chi connectivity index (χ0) is 29.6. The Kier molecular flexibility index (Phi) is 7.89. The van der Waals surface area contributed by atoms with E-state index < -0.39 is 5.60 Å². The predicted molar refractivity (Wildman–Crippen MR) is 165 cm³/mol. The van der Waals surface area contributed by atoms with Gasteiger partial charge in [0.1, 0.15) is 17.2 Å². The van der Waals surface area contributed by atoms with E-state index in [9.17, 15) is 9.90 Å². The Hall–Kier alpha value is -2.85. The molecule has 42 heavy (non-hydrogen) atoms. The van der Waals surface area contributed by atoms with Crippen molar-refractivity contribution in [2.24, 2.45) is 5.92 Å². The Morgan fingerprint density at radius 1 is 1.21 bits per heavy atom. The smallest absolute Gasteiger partial charge is 0.407 e. The molecule has 2 N–H and O–H groups in total. The summed E-state index contributed by atoms with van der Waals surface area (Å²) in [6.07, 6.45) is 9.28. The summed E-state index contributed by atoms with van der Waals surface area (Å²) in [5.41, 5.74) is 3.69. The zero-order valence-electron chi connectivity index (χ0n) is 25.0. The number of aromatic nitrogens is 3. The first-order valence-corrected chi connectivity index (χ1v) is 16.0. The largest absolute Gasteiger partial charge is 0.497 e. The number of hydrogen-bond donors (Lipinski definition) is 2. The number of carbonyl (C=O) groups is 1. The third kappa shape index (κ3) is 5.36. The molecule has 0 radical (unpaired) electrons. The van der Waals surface area contributed by atoms with Crippen molar-refractivity contribution >= 4 is 33.5 Å². The number of amides is 1. The minimum Gasteiger partial charge on any atom is -0.497 e. The van der Waals surface area contributed by atoms with E-state index in [4.69, 9.17) is 19.6 Å². The number of fused-ring (bicyclic) bond motifs is 3. The number of benzene rings is 1. The van der Waals surface area contributed by atoms with E-state index in [2.05, 4.69) is 38.3 Å². The number of nitrogens with zero attached hydrogens (tertiary/aromatic N) is 4. The van der Waals surface area contributed by atoms with Gasteiger partial charge in [-0.15, -0.1) is 0 Å². The van der Waals surface area contributed by atoms with Crippen LogP contribution < -0.4 is 15.0 Å². The molecule has 3 aromatic rings. The van der Waals surface area contributed by atoms with Crippen molar-refractivity contribution in [3.63, 3.8) is 0 Å². The van der Waals surface area contributed by atoms with Crippen molar-refractivity contribution in [2.45, 2.75) is 102 Å². The van der Waals surface area contributed by atoms with Crippen LogP contribution in [0.3, 0.4) is 0 Å². The highest BCUT2D eigenvalue weighted by molar-refractivity contribution is 9.10. The van der Waals surface area contributed by atoms with Gasteiger partial charge in [0.15, 0.2) is 5.65 Å². The average Bonchev–Trinajstić information content (AvgIpc) is 3.75. The lowest BCUT2D eigenvalue weighted by Crippen LogP contribution is -2.40. The lowest BCUT2D eigenvalue weighted by Gasteiger charge is -2.34. The lowest BCUT2D eigenvalue weighted by molar-refractivity contribution is 0.0505. The first-order chi connectivity index (χ1) is 20.1. The molecule has 2 heterocycles. The van der Waals surface area contributed by atoms with E-state index in [0.29, 0.717) is 6.54 Å². The molecular weight excluding hydrogens is 598 g/mol. The molecule has 3 aliphatic rings. The van der Waals surface area contributed by atoms with Crippen molar-refractivity contribution in [2.75, 3.05) is 18.6 Å². The Morgan fingerprint density at radius 3 is 2.62 bits per heavy atom. The first kappa shape index (κ1) is 29.2. The standard InChI is InChI=1S/C32H42BrN5O4/c1-31(2,3)42-30(40)35-22-9-10-23(16-22)37(18-20-7-11-24(41-4)12-8-20)29-25-15-21(19-39)32(13-5-6-14-32)27(25)36-28-26(33)17-34-38(28)29/h7-8,11-12,17,21-23,39H,5-6,9-10,13-16,18-19H2,1-4H3,(H,35,40)/t21-,22+,23+/m1/s1. The Morgan fingerprint density at radius 2 is 1.95 bits per heavy atom. The summed E-state index contributed by atoms with van der Waals surface area (Å²) in [4.78, 5) is 20.4. The third-order valence-electron chi connectivity index (χ3n) is 9.45. The first-order valence-electron chi connectivity index (χ1n) is 15.2. The Labute approximate surface area is 256 Å². The molecule has 2 aromatic heterocycles. The number of methoxy groups -OCH3 is 1. The van der Waals surface area contributed by atoms with E-state index in [0.717, 1.165) is 84.3 Å². The van der Waals surface area contributed by atoms with Gasteiger partial charge in [-0.25, -0.2) is 9.78 Å². The van der Waals surface area contributed by atoms with Crippen molar-refractivity contribution in [3.8, 4) is 5.75 Å². The van der Waals surface area contributed by atoms with Gasteiger partial charge in [-0.2, -0.15) is 9.61 Å². The van der Waals surface area contributed by atoms with Crippen LogP contribution in [0.5, 0.6) is 5.75 Å². The second-order valence-electron chi connectivity index (χ2n) is 13.2. The fourth-order valence-electron chi connectivity index (χ4n) is 7.56. The molecule has 0 aliphatic heterocycles. The number of ether oxygens (including phenoxy) is 2. The number of anilines is 1. The summed E-state index contributed by atoms with van der Waals surface area (Å²) in [7, 11) is 1.68. The molecule has 1 aromatic carbocycles. The molecule has 2 fully saturated rings. The normalized spacial score (nSPS) is 23.0. The highest BCUT2D eigenvalue weighted by atomic mass is 79.9. The number of rotatable bonds is 7. The van der Waals surface area contributed by atoms with Crippen molar-refractivity contribution in [3.05, 3.63) is 51.8 Å². The minimum atomic E-state index is -0.543. The van der Waals surface area contributed by atoms with Crippen LogP contribution in [0.4, 0.5) is 10.6 Å². The highest BCUT2D eigenvalue weighted by Gasteiger charge is 2.51. The van der Waals surface area contributed by atoms with E-state index in [1.54, 1.807) is 7.11 Å². The van der Waals surface area contributed by atoms with Crippen LogP contribution in [-0.4, -0.2) is 57.2 Å². The van der Waals surface area contributed by atoms with Crippen LogP contribution in [0.1, 0.15) is 82.5 Å². The molecule has 3 aliphatic carbocycles. The molecule has 0 saturated heterocycles. The number of aliphatic hydroxyl groups is 1. The van der Waals surface area contributed by atoms with E-state index in [-0.39, 0.29) is 36.1 Å². The molecule has 10 heteroatoms. The molecular formula is C32H42BrN5O4. The Bertz CT molecular complexity index is 1440. The molecule has 6 rings (SSSR count). The van der Waals surface area contributed by atoms with Gasteiger partial charge in [-0.1, -0.05) is 25.0 Å². The SMILES string of the molecule is COc1ccc(CN(c2c3c(nc4c(Br)cnn24)C2(CCCC2)[C@@H](CO)C3)[C@H]2CC[C@H](NC(=O)OC(C)(C)C)C2)cc1. The van der Waals surface area contributed by atoms with Crippen molar-refractivity contribution in [1.82, 2.24) is 19.9 Å². The fraction of sp³-hybridized carbons (Fsp3) is 0.594. The van der Waals surface area contributed by atoms with Gasteiger partial charge >= 0.3 is 6.09 Å². The average molecular weight is 641 g/mol. The summed E-state index contributed by atoms with van der Waals surface area (Å²) in [6, 6.07) is 8.41. The summed E-state index contributed by atoms with van der Waals surface area (Å²) < 4.78 is 13.9. The molecule has 0 unspecified atom stereocenters. The summed E-state index contributed by atoms with van der Waals surface area (Å²) in [5.74, 6) is 2.03. The minimum absolute atomic E-state index is 0.0179. The van der Waals surface area contributed by atoms with E-state index in [1.165, 1.54) is 5.56 Å². The number of alkyl carbamates (subject to hydrolysis) is 1. The summed E-state index contributed by atoms with van der Waals surface area (Å²) >= 11 is 3.73. The molecule has 3 atom stereocenters. The van der Waals surface area contributed by atoms with Gasteiger partial charge in [0.25, 0.3) is 0 Å². The molecule has 1 amide bonds. The van der Waals surface area contributed by atoms with Gasteiger partial charge in [0, 0.05) is 36.2 Å². The molecule has 2 saturated carbocycles. The highest BCUT2D eigenvalue weighted by Crippen LogP contribution is 2.55. The number of hydrogen-bond acceptors (Lipinski definition) is 7. The summed E-state index contributed by atoms with van der Waals surface area (Å²) in [5, 5.41) is 18.5. The van der Waals surface area contributed by atoms with Crippen LogP contribution in [0, 0.1) is 5.92 Å². The van der Waals surface area contributed by atoms with Gasteiger partial charge < -0.3 is 24.8 Å². The lowest BCUT2D eigenvalue weighted by atomic mass is 9.76. The van der Waals surface area contributed by atoms with Gasteiger partial charge in [-0.3, -0.25) is 0 Å². The zero-order valence-corrected chi connectivity index (χ0v) is 26.6. The number of aliphatic hydroxyl groups excluding tert-OH is 1. The molecule has 226 valence electrons. The predicted octanol–water partition coefficient (Wildman–Crippen LogP) is 5.93.